The Balaban J connectivity index is 1.78. The van der Waals surface area contributed by atoms with Crippen LogP contribution in [0.4, 0.5) is 0 Å². The Bertz CT molecular complexity index is 505. The minimum Gasteiger partial charge on any atom is -0.467 e. The Morgan fingerprint density at radius 1 is 1.08 bits per heavy atom. The highest BCUT2D eigenvalue weighted by Crippen LogP contribution is 2.22. The molecule has 140 valence electrons. The maximum atomic E-state index is 10.2. The van der Waals surface area contributed by atoms with Gasteiger partial charge >= 0.3 is 0 Å². The zero-order valence-corrected chi connectivity index (χ0v) is 14.6. The fraction of sp³-hybridized carbons (Fsp3) is 0.556. The molecule has 25 heavy (non-hydrogen) atoms. The van der Waals surface area contributed by atoms with Crippen LogP contribution in [-0.2, 0) is 35.0 Å². The molecule has 0 fully saturated rings. The smallest absolute Gasteiger partial charge is 0.216 e. The average molecular weight is 354 g/mol. The van der Waals surface area contributed by atoms with Gasteiger partial charge in [0.15, 0.2) is 12.6 Å². The molecule has 0 bridgehead atoms. The molecule has 1 aromatic carbocycles. The van der Waals surface area contributed by atoms with Gasteiger partial charge in [-0.15, -0.1) is 0 Å². The largest absolute Gasteiger partial charge is 0.467 e. The standard InChI is InChI=1S/C18H26O7/c1-20-8-9-22-13-24-16-10-15(19)17(25-18(16)21-2)12-23-11-14-6-4-3-5-7-14/h3-7,10,15,17-19H,8-9,11-13H2,1-2H3/t15-,17-,18-/m1/s1. The van der Waals surface area contributed by atoms with Gasteiger partial charge in [-0.2, -0.15) is 0 Å². The Morgan fingerprint density at radius 2 is 1.88 bits per heavy atom. The van der Waals surface area contributed by atoms with Gasteiger partial charge in [0.05, 0.1) is 26.4 Å². The van der Waals surface area contributed by atoms with Crippen LogP contribution < -0.4 is 0 Å². The summed E-state index contributed by atoms with van der Waals surface area (Å²) in [4.78, 5) is 0. The SMILES string of the molecule is COCCOCOC1=C[C@@H](O)[C@@H](COCc2ccccc2)O[C@H]1OC. The molecule has 0 radical (unpaired) electrons. The van der Waals surface area contributed by atoms with Crippen molar-refractivity contribution >= 4 is 0 Å². The second-order valence-corrected chi connectivity index (χ2v) is 5.47. The van der Waals surface area contributed by atoms with Crippen LogP contribution in [0.5, 0.6) is 0 Å². The Labute approximate surface area is 148 Å². The summed E-state index contributed by atoms with van der Waals surface area (Å²) in [5.41, 5.74) is 1.06. The highest BCUT2D eigenvalue weighted by Gasteiger charge is 2.32. The van der Waals surface area contributed by atoms with Crippen LogP contribution in [0.25, 0.3) is 0 Å². The molecule has 7 nitrogen and oxygen atoms in total. The van der Waals surface area contributed by atoms with Crippen LogP contribution in [0, 0.1) is 0 Å². The fourth-order valence-electron chi connectivity index (χ4n) is 2.26. The van der Waals surface area contributed by atoms with Crippen molar-refractivity contribution in [3.05, 3.63) is 47.7 Å². The molecule has 0 saturated heterocycles. The summed E-state index contributed by atoms with van der Waals surface area (Å²) in [6.07, 6.45) is -0.528. The first-order chi connectivity index (χ1) is 12.2. The van der Waals surface area contributed by atoms with Gasteiger partial charge in [0.2, 0.25) is 6.29 Å². The van der Waals surface area contributed by atoms with Crippen molar-refractivity contribution in [2.75, 3.05) is 40.8 Å². The summed E-state index contributed by atoms with van der Waals surface area (Å²) >= 11 is 0. The highest BCUT2D eigenvalue weighted by molar-refractivity contribution is 5.13. The first-order valence-corrected chi connectivity index (χ1v) is 8.13. The third-order valence-corrected chi connectivity index (χ3v) is 3.60. The van der Waals surface area contributed by atoms with Crippen molar-refractivity contribution in [2.24, 2.45) is 0 Å². The predicted octanol–water partition coefficient (Wildman–Crippen LogP) is 1.46. The minimum atomic E-state index is -0.851. The van der Waals surface area contributed by atoms with Crippen LogP contribution in [0.3, 0.4) is 0 Å². The Morgan fingerprint density at radius 3 is 2.60 bits per heavy atom. The van der Waals surface area contributed by atoms with Crippen molar-refractivity contribution in [1.82, 2.24) is 0 Å². The first kappa shape index (κ1) is 19.8. The topological polar surface area (TPSA) is 75.6 Å². The number of benzene rings is 1. The van der Waals surface area contributed by atoms with E-state index in [1.165, 1.54) is 7.11 Å². The molecule has 1 aromatic rings. The zero-order chi connectivity index (χ0) is 17.9. The van der Waals surface area contributed by atoms with Crippen molar-refractivity contribution in [3.63, 3.8) is 0 Å². The van der Waals surface area contributed by atoms with E-state index in [9.17, 15) is 5.11 Å². The number of aliphatic hydroxyl groups is 1. The molecule has 0 amide bonds. The van der Waals surface area contributed by atoms with Crippen molar-refractivity contribution in [1.29, 1.82) is 0 Å². The summed E-state index contributed by atoms with van der Waals surface area (Å²) in [6, 6.07) is 9.81. The molecule has 3 atom stereocenters. The molecular formula is C18H26O7. The highest BCUT2D eigenvalue weighted by atomic mass is 16.7. The van der Waals surface area contributed by atoms with E-state index in [2.05, 4.69) is 0 Å². The quantitative estimate of drug-likeness (QED) is 0.476. The second-order valence-electron chi connectivity index (χ2n) is 5.47. The minimum absolute atomic E-state index is 0.0281. The Hall–Kier alpha value is -1.48. The van der Waals surface area contributed by atoms with Gasteiger partial charge < -0.3 is 33.5 Å². The number of rotatable bonds is 11. The molecule has 0 spiro atoms. The number of hydrogen-bond donors (Lipinski definition) is 1. The predicted molar refractivity (Wildman–Crippen MR) is 89.6 cm³/mol. The second kappa shape index (κ2) is 11.2. The van der Waals surface area contributed by atoms with Gasteiger partial charge in [0, 0.05) is 14.2 Å². The Kier molecular flexibility index (Phi) is 8.89. The number of hydrogen-bond acceptors (Lipinski definition) is 7. The third-order valence-electron chi connectivity index (χ3n) is 3.60. The van der Waals surface area contributed by atoms with Gasteiger partial charge in [0.1, 0.15) is 12.2 Å². The van der Waals surface area contributed by atoms with E-state index in [0.717, 1.165) is 5.56 Å². The van der Waals surface area contributed by atoms with E-state index >= 15 is 0 Å². The molecule has 1 heterocycles. The zero-order valence-electron chi connectivity index (χ0n) is 14.6. The van der Waals surface area contributed by atoms with Gasteiger partial charge in [0.25, 0.3) is 0 Å². The van der Waals surface area contributed by atoms with E-state index in [1.54, 1.807) is 13.2 Å². The monoisotopic (exact) mass is 354 g/mol. The lowest BCUT2D eigenvalue weighted by atomic mass is 10.1. The van der Waals surface area contributed by atoms with E-state index in [-0.39, 0.29) is 13.4 Å². The number of ether oxygens (including phenoxy) is 6. The summed E-state index contributed by atoms with van der Waals surface area (Å²) < 4.78 is 32.2. The number of methoxy groups -OCH3 is 2. The maximum Gasteiger partial charge on any atom is 0.216 e. The van der Waals surface area contributed by atoms with E-state index in [4.69, 9.17) is 28.4 Å². The van der Waals surface area contributed by atoms with Crippen molar-refractivity contribution < 1.29 is 33.5 Å². The molecule has 0 aliphatic carbocycles. The molecule has 1 N–H and O–H groups in total. The van der Waals surface area contributed by atoms with E-state index in [1.807, 2.05) is 30.3 Å². The molecule has 0 unspecified atom stereocenters. The van der Waals surface area contributed by atoms with Gasteiger partial charge in [-0.1, -0.05) is 30.3 Å². The van der Waals surface area contributed by atoms with Gasteiger partial charge in [-0.25, -0.2) is 0 Å². The molecule has 7 heteroatoms. The van der Waals surface area contributed by atoms with E-state index in [0.29, 0.717) is 25.6 Å². The molecule has 0 saturated carbocycles. The van der Waals surface area contributed by atoms with Gasteiger partial charge in [-0.3, -0.25) is 0 Å². The van der Waals surface area contributed by atoms with Crippen LogP contribution in [0.1, 0.15) is 5.56 Å². The molecule has 1 aliphatic rings. The fourth-order valence-corrected chi connectivity index (χ4v) is 2.26. The lowest BCUT2D eigenvalue weighted by Crippen LogP contribution is -2.42. The molecular weight excluding hydrogens is 328 g/mol. The van der Waals surface area contributed by atoms with Crippen molar-refractivity contribution in [3.8, 4) is 0 Å². The first-order valence-electron chi connectivity index (χ1n) is 8.13. The summed E-state index contributed by atoms with van der Waals surface area (Å²) in [6.45, 7) is 1.62. The summed E-state index contributed by atoms with van der Waals surface area (Å²) in [5, 5.41) is 10.2. The lowest BCUT2D eigenvalue weighted by Gasteiger charge is -2.32. The third kappa shape index (κ3) is 6.74. The summed E-state index contributed by atoms with van der Waals surface area (Å²) in [5.74, 6) is 0.381. The van der Waals surface area contributed by atoms with Crippen LogP contribution in [0.2, 0.25) is 0 Å². The normalized spacial score (nSPS) is 23.3. The van der Waals surface area contributed by atoms with Crippen LogP contribution in [-0.4, -0.2) is 64.4 Å². The molecule has 0 aromatic heterocycles. The molecule has 1 aliphatic heterocycles. The van der Waals surface area contributed by atoms with Crippen LogP contribution in [0.15, 0.2) is 42.2 Å². The average Bonchev–Trinajstić information content (AvgIpc) is 2.64. The van der Waals surface area contributed by atoms with Gasteiger partial charge in [-0.05, 0) is 11.6 Å². The summed E-state index contributed by atoms with van der Waals surface area (Å²) in [7, 11) is 3.10. The maximum absolute atomic E-state index is 10.2. The number of aliphatic hydroxyl groups excluding tert-OH is 1. The molecule has 2 rings (SSSR count). The van der Waals surface area contributed by atoms with Crippen LogP contribution >= 0.6 is 0 Å². The van der Waals surface area contributed by atoms with E-state index < -0.39 is 18.5 Å². The lowest BCUT2D eigenvalue weighted by molar-refractivity contribution is -0.206. The van der Waals surface area contributed by atoms with Crippen molar-refractivity contribution in [2.45, 2.75) is 25.1 Å².